The van der Waals surface area contributed by atoms with Gasteiger partial charge in [-0.25, -0.2) is 0 Å². The number of aliphatic hydroxyl groups excluding tert-OH is 1. The molecular weight excluding hydrogens is 226 g/mol. The first kappa shape index (κ1) is 15.9. The zero-order chi connectivity index (χ0) is 13.6. The second kappa shape index (κ2) is 7.46. The predicted molar refractivity (Wildman–Crippen MR) is 75.6 cm³/mol. The number of hydrogen-bond donors (Lipinski definition) is 2. The normalized spacial score (nSPS) is 34.8. The molecule has 0 radical (unpaired) electrons. The predicted octanol–water partition coefficient (Wildman–Crippen LogP) is 2.41. The summed E-state index contributed by atoms with van der Waals surface area (Å²) < 4.78 is 0. The van der Waals surface area contributed by atoms with E-state index < -0.39 is 5.60 Å². The van der Waals surface area contributed by atoms with Crippen LogP contribution in [0, 0.1) is 5.92 Å². The van der Waals surface area contributed by atoms with Crippen LogP contribution in [0.4, 0.5) is 0 Å². The molecule has 0 amide bonds. The maximum Gasteiger partial charge on any atom is 0.0774 e. The van der Waals surface area contributed by atoms with Gasteiger partial charge in [0.1, 0.15) is 0 Å². The molecule has 3 nitrogen and oxygen atoms in total. The second-order valence-corrected chi connectivity index (χ2v) is 5.91. The Bertz CT molecular complexity index is 217. The lowest BCUT2D eigenvalue weighted by molar-refractivity contribution is -0.0458. The highest BCUT2D eigenvalue weighted by Crippen LogP contribution is 2.32. The Morgan fingerprint density at radius 1 is 1.06 bits per heavy atom. The summed E-state index contributed by atoms with van der Waals surface area (Å²) in [5.41, 5.74) is -0.450. The molecule has 0 unspecified atom stereocenters. The van der Waals surface area contributed by atoms with E-state index in [1.165, 1.54) is 0 Å². The van der Waals surface area contributed by atoms with Gasteiger partial charge in [-0.1, -0.05) is 20.8 Å². The molecule has 108 valence electrons. The summed E-state index contributed by atoms with van der Waals surface area (Å²) in [5, 5.41) is 19.9. The van der Waals surface area contributed by atoms with Crippen molar-refractivity contribution in [2.75, 3.05) is 19.6 Å². The maximum atomic E-state index is 10.5. The highest BCUT2D eigenvalue weighted by molar-refractivity contribution is 4.88. The highest BCUT2D eigenvalue weighted by atomic mass is 16.3. The van der Waals surface area contributed by atoms with E-state index in [-0.39, 0.29) is 6.10 Å². The molecule has 1 saturated heterocycles. The van der Waals surface area contributed by atoms with Crippen molar-refractivity contribution in [2.45, 2.75) is 71.0 Å². The number of hydrogen-bond acceptors (Lipinski definition) is 3. The van der Waals surface area contributed by atoms with Crippen molar-refractivity contribution in [3.63, 3.8) is 0 Å². The summed E-state index contributed by atoms with van der Waals surface area (Å²) in [7, 11) is 0. The average Bonchev–Trinajstić information content (AvgIpc) is 2.39. The largest absolute Gasteiger partial charge is 0.393 e. The van der Waals surface area contributed by atoms with E-state index in [9.17, 15) is 10.2 Å². The van der Waals surface area contributed by atoms with Gasteiger partial charge in [0.15, 0.2) is 0 Å². The Balaban J connectivity index is 0.000000771. The molecule has 1 saturated carbocycles. The van der Waals surface area contributed by atoms with Crippen LogP contribution >= 0.6 is 0 Å². The quantitative estimate of drug-likeness (QED) is 0.798. The van der Waals surface area contributed by atoms with Crippen LogP contribution in [-0.4, -0.2) is 46.5 Å². The van der Waals surface area contributed by atoms with Gasteiger partial charge in [0.05, 0.1) is 11.7 Å². The lowest BCUT2D eigenvalue weighted by Gasteiger charge is -2.40. The van der Waals surface area contributed by atoms with Crippen LogP contribution in [0.25, 0.3) is 0 Å². The van der Waals surface area contributed by atoms with Crippen LogP contribution in [-0.2, 0) is 0 Å². The van der Waals surface area contributed by atoms with E-state index in [0.29, 0.717) is 0 Å². The number of rotatable bonds is 2. The number of likely N-dealkylation sites (tertiary alicyclic amines) is 1. The van der Waals surface area contributed by atoms with Crippen molar-refractivity contribution in [2.24, 2.45) is 5.92 Å². The van der Waals surface area contributed by atoms with E-state index in [0.717, 1.165) is 64.1 Å². The van der Waals surface area contributed by atoms with E-state index in [2.05, 4.69) is 11.8 Å². The van der Waals surface area contributed by atoms with Crippen LogP contribution in [0.1, 0.15) is 59.3 Å². The van der Waals surface area contributed by atoms with Crippen molar-refractivity contribution < 1.29 is 10.2 Å². The minimum atomic E-state index is -0.450. The minimum Gasteiger partial charge on any atom is -0.393 e. The molecule has 0 aromatic carbocycles. The first-order chi connectivity index (χ1) is 8.57. The molecule has 2 N–H and O–H groups in total. The van der Waals surface area contributed by atoms with Gasteiger partial charge in [-0.05, 0) is 44.4 Å². The molecule has 0 atom stereocenters. The first-order valence-electron chi connectivity index (χ1n) is 7.70. The molecule has 18 heavy (non-hydrogen) atoms. The van der Waals surface area contributed by atoms with Gasteiger partial charge in [0.25, 0.3) is 0 Å². The fourth-order valence-corrected chi connectivity index (χ4v) is 2.95. The summed E-state index contributed by atoms with van der Waals surface area (Å²) in [5.74, 6) is 0.781. The summed E-state index contributed by atoms with van der Waals surface area (Å²) in [6, 6.07) is 0. The summed E-state index contributed by atoms with van der Waals surface area (Å²) in [6.07, 6.45) is 5.84. The lowest BCUT2D eigenvalue weighted by Crippen LogP contribution is -2.48. The van der Waals surface area contributed by atoms with Gasteiger partial charge >= 0.3 is 0 Å². The van der Waals surface area contributed by atoms with Crippen LogP contribution in [0.3, 0.4) is 0 Å². The maximum absolute atomic E-state index is 10.5. The molecule has 0 aromatic heterocycles. The van der Waals surface area contributed by atoms with Gasteiger partial charge in [0.2, 0.25) is 0 Å². The van der Waals surface area contributed by atoms with Crippen molar-refractivity contribution in [3.05, 3.63) is 0 Å². The van der Waals surface area contributed by atoms with E-state index in [4.69, 9.17) is 0 Å². The smallest absolute Gasteiger partial charge is 0.0774 e. The molecule has 0 spiro atoms. The molecular formula is C15H31NO2. The Labute approximate surface area is 112 Å². The number of aliphatic hydroxyl groups is 2. The van der Waals surface area contributed by atoms with Crippen LogP contribution in [0.2, 0.25) is 0 Å². The zero-order valence-electron chi connectivity index (χ0n) is 12.4. The summed E-state index contributed by atoms with van der Waals surface area (Å²) >= 11 is 0. The molecule has 1 aliphatic carbocycles. The SMILES string of the molecule is CC.CC1CCC(O)(CN2CCC(O)CC2)CC1. The Hall–Kier alpha value is -0.120. The first-order valence-corrected chi connectivity index (χ1v) is 7.70. The van der Waals surface area contributed by atoms with Crippen LogP contribution in [0.15, 0.2) is 0 Å². The Morgan fingerprint density at radius 2 is 1.56 bits per heavy atom. The molecule has 1 aliphatic heterocycles. The van der Waals surface area contributed by atoms with E-state index in [1.807, 2.05) is 13.8 Å². The van der Waals surface area contributed by atoms with Crippen molar-refractivity contribution >= 4 is 0 Å². The fourth-order valence-electron chi connectivity index (χ4n) is 2.95. The monoisotopic (exact) mass is 257 g/mol. The zero-order valence-corrected chi connectivity index (χ0v) is 12.4. The number of nitrogens with zero attached hydrogens (tertiary/aromatic N) is 1. The van der Waals surface area contributed by atoms with Crippen molar-refractivity contribution in [1.29, 1.82) is 0 Å². The highest BCUT2D eigenvalue weighted by Gasteiger charge is 2.34. The molecule has 2 rings (SSSR count). The fraction of sp³-hybridized carbons (Fsp3) is 1.00. The third kappa shape index (κ3) is 4.87. The molecule has 0 bridgehead atoms. The summed E-state index contributed by atoms with van der Waals surface area (Å²) in [6.45, 7) is 8.97. The van der Waals surface area contributed by atoms with Crippen molar-refractivity contribution in [1.82, 2.24) is 4.90 Å². The second-order valence-electron chi connectivity index (χ2n) is 5.91. The summed E-state index contributed by atoms with van der Waals surface area (Å²) in [4.78, 5) is 2.32. The van der Waals surface area contributed by atoms with Gasteiger partial charge in [-0.3, -0.25) is 0 Å². The lowest BCUT2D eigenvalue weighted by atomic mass is 9.79. The van der Waals surface area contributed by atoms with Crippen molar-refractivity contribution in [3.8, 4) is 0 Å². The van der Waals surface area contributed by atoms with Gasteiger partial charge in [-0.2, -0.15) is 0 Å². The van der Waals surface area contributed by atoms with Gasteiger partial charge in [0, 0.05) is 19.6 Å². The van der Waals surface area contributed by atoms with Crippen LogP contribution in [0.5, 0.6) is 0 Å². The standard InChI is InChI=1S/C13H25NO2.C2H6/c1-11-2-6-13(16,7-3-11)10-14-8-4-12(15)5-9-14;1-2/h11-12,15-16H,2-10H2,1H3;1-2H3. The Morgan fingerprint density at radius 3 is 2.06 bits per heavy atom. The number of piperidine rings is 1. The molecule has 3 heteroatoms. The third-order valence-corrected chi connectivity index (χ3v) is 4.28. The Kier molecular flexibility index (Phi) is 6.61. The molecule has 2 fully saturated rings. The van der Waals surface area contributed by atoms with Crippen LogP contribution < -0.4 is 0 Å². The average molecular weight is 257 g/mol. The van der Waals surface area contributed by atoms with E-state index in [1.54, 1.807) is 0 Å². The van der Waals surface area contributed by atoms with Gasteiger partial charge in [-0.15, -0.1) is 0 Å². The van der Waals surface area contributed by atoms with E-state index >= 15 is 0 Å². The molecule has 0 aromatic rings. The topological polar surface area (TPSA) is 43.7 Å². The minimum absolute atomic E-state index is 0.114. The third-order valence-electron chi connectivity index (χ3n) is 4.28. The number of β-amino-alcohol motifs (C(OH)–C–C–N with tert-alkyl or cyclic N) is 1. The van der Waals surface area contributed by atoms with Gasteiger partial charge < -0.3 is 15.1 Å². The molecule has 2 aliphatic rings. The molecule has 1 heterocycles.